The van der Waals surface area contributed by atoms with E-state index < -0.39 is 4.92 Å². The molecule has 0 aromatic heterocycles. The molecular weight excluding hydrogens is 358 g/mol. The van der Waals surface area contributed by atoms with Crippen molar-refractivity contribution in [2.24, 2.45) is 10.2 Å². The third-order valence-corrected chi connectivity index (χ3v) is 3.82. The molecule has 2 rings (SSSR count). The molecule has 0 unspecified atom stereocenters. The molecule has 0 aliphatic heterocycles. The van der Waals surface area contributed by atoms with Crippen LogP contribution in [0.15, 0.2) is 40.6 Å². The number of aryl methyl sites for hydroxylation is 1. The molecule has 2 aromatic carbocycles. The first-order valence-corrected chi connectivity index (χ1v) is 8.15. The van der Waals surface area contributed by atoms with Gasteiger partial charge in [0.2, 0.25) is 0 Å². The smallest absolute Gasteiger partial charge is 0.272 e. The number of nitriles is 1. The number of aliphatic hydroxyl groups excluding tert-OH is 1. The van der Waals surface area contributed by atoms with Gasteiger partial charge in [-0.2, -0.15) is 5.26 Å². The van der Waals surface area contributed by atoms with Gasteiger partial charge in [0.15, 0.2) is 0 Å². The topological polar surface area (TPSA) is 124 Å². The molecule has 0 saturated heterocycles. The van der Waals surface area contributed by atoms with Gasteiger partial charge in [0.25, 0.3) is 5.69 Å². The van der Waals surface area contributed by atoms with Crippen molar-refractivity contribution in [3.8, 4) is 6.07 Å². The molecule has 0 heterocycles. The summed E-state index contributed by atoms with van der Waals surface area (Å²) in [5.41, 5.74) is 1.99. The number of nitrogens with one attached hydrogen (secondary N) is 1. The Bertz CT molecular complexity index is 893. The average Bonchev–Trinajstić information content (AvgIpc) is 2.64. The Hall–Kier alpha value is -3.02. The second-order valence-electron chi connectivity index (χ2n) is 5.25. The molecule has 0 aliphatic rings. The number of azo groups is 1. The predicted octanol–water partition coefficient (Wildman–Crippen LogP) is 4.50. The predicted molar refractivity (Wildman–Crippen MR) is 98.4 cm³/mol. The zero-order valence-electron chi connectivity index (χ0n) is 13.9. The summed E-state index contributed by atoms with van der Waals surface area (Å²) in [6, 6.07) is 9.62. The molecule has 26 heavy (non-hydrogen) atoms. The van der Waals surface area contributed by atoms with Gasteiger partial charge in [0, 0.05) is 18.7 Å². The normalized spacial score (nSPS) is 10.7. The quantitative estimate of drug-likeness (QED) is 0.420. The van der Waals surface area contributed by atoms with Gasteiger partial charge >= 0.3 is 0 Å². The van der Waals surface area contributed by atoms with Crippen molar-refractivity contribution in [1.29, 1.82) is 5.26 Å². The second kappa shape index (κ2) is 8.89. The van der Waals surface area contributed by atoms with Crippen molar-refractivity contribution >= 4 is 34.4 Å². The summed E-state index contributed by atoms with van der Waals surface area (Å²) in [6.07, 6.45) is 0.831. The zero-order chi connectivity index (χ0) is 19.1. The van der Waals surface area contributed by atoms with E-state index in [1.807, 2.05) is 25.1 Å². The maximum atomic E-state index is 10.9. The Morgan fingerprint density at radius 3 is 2.73 bits per heavy atom. The van der Waals surface area contributed by atoms with Crippen LogP contribution in [0.1, 0.15) is 18.1 Å². The summed E-state index contributed by atoms with van der Waals surface area (Å²) in [5, 5.41) is 40.2. The van der Waals surface area contributed by atoms with Crippen LogP contribution in [0.4, 0.5) is 22.7 Å². The first-order chi connectivity index (χ1) is 12.5. The number of rotatable bonds is 7. The lowest BCUT2D eigenvalue weighted by molar-refractivity contribution is -0.384. The molecule has 0 aliphatic carbocycles. The Morgan fingerprint density at radius 1 is 1.35 bits per heavy atom. The standard InChI is InChI=1S/C17H16ClN5O3/c1-2-11-3-4-15(16(7-11)20-5-6-24)21-22-17-12(10-19)8-13(23(25)26)9-14(17)18/h3-4,7-9,20,24H,2,5-6H2,1H3. The number of hydrogen-bond acceptors (Lipinski definition) is 7. The first kappa shape index (κ1) is 19.3. The van der Waals surface area contributed by atoms with Crippen molar-refractivity contribution < 1.29 is 10.0 Å². The maximum absolute atomic E-state index is 10.9. The summed E-state index contributed by atoms with van der Waals surface area (Å²) in [6.45, 7) is 2.32. The van der Waals surface area contributed by atoms with Crippen molar-refractivity contribution in [1.82, 2.24) is 0 Å². The highest BCUT2D eigenvalue weighted by molar-refractivity contribution is 6.33. The summed E-state index contributed by atoms with van der Waals surface area (Å²) in [4.78, 5) is 10.2. The van der Waals surface area contributed by atoms with Crippen LogP contribution in [0.25, 0.3) is 0 Å². The lowest BCUT2D eigenvalue weighted by atomic mass is 10.1. The highest BCUT2D eigenvalue weighted by atomic mass is 35.5. The molecule has 0 radical (unpaired) electrons. The molecule has 0 atom stereocenters. The number of halogens is 1. The van der Waals surface area contributed by atoms with Crippen LogP contribution in [-0.2, 0) is 6.42 Å². The highest BCUT2D eigenvalue weighted by Crippen LogP contribution is 2.35. The monoisotopic (exact) mass is 373 g/mol. The lowest BCUT2D eigenvalue weighted by Gasteiger charge is -2.09. The zero-order valence-corrected chi connectivity index (χ0v) is 14.7. The van der Waals surface area contributed by atoms with Gasteiger partial charge in [-0.25, -0.2) is 0 Å². The van der Waals surface area contributed by atoms with Gasteiger partial charge in [-0.15, -0.1) is 10.2 Å². The molecule has 0 fully saturated rings. The van der Waals surface area contributed by atoms with E-state index in [1.54, 1.807) is 6.07 Å². The minimum Gasteiger partial charge on any atom is -0.395 e. The highest BCUT2D eigenvalue weighted by Gasteiger charge is 2.15. The van der Waals surface area contributed by atoms with Gasteiger partial charge in [0.1, 0.15) is 17.4 Å². The SMILES string of the molecule is CCc1ccc(N=Nc2c(Cl)cc([N+](=O)[O-])cc2C#N)c(NCCO)c1. The average molecular weight is 374 g/mol. The Balaban J connectivity index is 2.44. The van der Waals surface area contributed by atoms with Gasteiger partial charge in [-0.3, -0.25) is 10.1 Å². The summed E-state index contributed by atoms with van der Waals surface area (Å²) in [7, 11) is 0. The fraction of sp³-hybridized carbons (Fsp3) is 0.235. The molecule has 9 heteroatoms. The van der Waals surface area contributed by atoms with Gasteiger partial charge in [-0.1, -0.05) is 24.6 Å². The molecule has 2 aromatic rings. The van der Waals surface area contributed by atoms with Gasteiger partial charge in [0.05, 0.1) is 27.8 Å². The minimum atomic E-state index is -0.631. The number of nitrogens with zero attached hydrogens (tertiary/aromatic N) is 4. The van der Waals surface area contributed by atoms with E-state index in [-0.39, 0.29) is 28.6 Å². The second-order valence-corrected chi connectivity index (χ2v) is 5.66. The van der Waals surface area contributed by atoms with E-state index in [2.05, 4.69) is 15.5 Å². The van der Waals surface area contributed by atoms with Crippen LogP contribution >= 0.6 is 11.6 Å². The fourth-order valence-corrected chi connectivity index (χ4v) is 2.45. The molecule has 2 N–H and O–H groups in total. The molecular formula is C17H16ClN5O3. The summed E-state index contributed by atoms with van der Waals surface area (Å²) in [5.74, 6) is 0. The number of nitro benzene ring substituents is 1. The maximum Gasteiger partial charge on any atom is 0.272 e. The van der Waals surface area contributed by atoms with Crippen LogP contribution in [-0.4, -0.2) is 23.2 Å². The molecule has 0 saturated carbocycles. The number of benzene rings is 2. The Kier molecular flexibility index (Phi) is 6.60. The Labute approximate surface area is 154 Å². The molecule has 8 nitrogen and oxygen atoms in total. The Morgan fingerprint density at radius 2 is 2.12 bits per heavy atom. The van der Waals surface area contributed by atoms with E-state index in [1.165, 1.54) is 0 Å². The van der Waals surface area contributed by atoms with Crippen molar-refractivity contribution in [2.45, 2.75) is 13.3 Å². The number of hydrogen-bond donors (Lipinski definition) is 2. The van der Waals surface area contributed by atoms with E-state index in [0.717, 1.165) is 24.1 Å². The van der Waals surface area contributed by atoms with Crippen molar-refractivity contribution in [3.63, 3.8) is 0 Å². The van der Waals surface area contributed by atoms with Crippen LogP contribution in [0.2, 0.25) is 5.02 Å². The summed E-state index contributed by atoms with van der Waals surface area (Å²) < 4.78 is 0. The van der Waals surface area contributed by atoms with E-state index in [0.29, 0.717) is 17.9 Å². The van der Waals surface area contributed by atoms with Crippen LogP contribution in [0, 0.1) is 21.4 Å². The van der Waals surface area contributed by atoms with Gasteiger partial charge in [-0.05, 0) is 24.1 Å². The largest absolute Gasteiger partial charge is 0.395 e. The van der Waals surface area contributed by atoms with Crippen LogP contribution in [0.3, 0.4) is 0 Å². The van der Waals surface area contributed by atoms with Crippen LogP contribution < -0.4 is 5.32 Å². The van der Waals surface area contributed by atoms with E-state index in [4.69, 9.17) is 16.7 Å². The third kappa shape index (κ3) is 4.53. The minimum absolute atomic E-state index is 0.0328. The first-order valence-electron chi connectivity index (χ1n) is 7.77. The molecule has 0 bridgehead atoms. The van der Waals surface area contributed by atoms with E-state index >= 15 is 0 Å². The fourth-order valence-electron chi connectivity index (χ4n) is 2.20. The number of anilines is 1. The molecule has 0 amide bonds. The molecule has 0 spiro atoms. The number of nitro groups is 1. The summed E-state index contributed by atoms with van der Waals surface area (Å²) >= 11 is 6.04. The molecule has 134 valence electrons. The van der Waals surface area contributed by atoms with Crippen molar-refractivity contribution in [2.75, 3.05) is 18.5 Å². The van der Waals surface area contributed by atoms with Crippen molar-refractivity contribution in [3.05, 3.63) is 56.6 Å². The number of non-ortho nitro benzene ring substituents is 1. The van der Waals surface area contributed by atoms with Crippen LogP contribution in [0.5, 0.6) is 0 Å². The third-order valence-electron chi connectivity index (χ3n) is 3.53. The van der Waals surface area contributed by atoms with Gasteiger partial charge < -0.3 is 10.4 Å². The number of aliphatic hydroxyl groups is 1. The lowest BCUT2D eigenvalue weighted by Crippen LogP contribution is -2.05. The van der Waals surface area contributed by atoms with E-state index in [9.17, 15) is 15.4 Å².